The van der Waals surface area contributed by atoms with Crippen molar-refractivity contribution in [3.8, 4) is 0 Å². The summed E-state index contributed by atoms with van der Waals surface area (Å²) >= 11 is 0. The number of aryl methyl sites for hydroxylation is 1. The summed E-state index contributed by atoms with van der Waals surface area (Å²) in [5.41, 5.74) is 4.60. The third-order valence-electron chi connectivity index (χ3n) is 3.89. The Balaban J connectivity index is 1.83. The van der Waals surface area contributed by atoms with E-state index in [0.717, 1.165) is 12.0 Å². The number of benzene rings is 1. The van der Waals surface area contributed by atoms with Crippen LogP contribution < -0.4 is 5.43 Å². The zero-order chi connectivity index (χ0) is 17.5. The summed E-state index contributed by atoms with van der Waals surface area (Å²) in [6, 6.07) is 7.17. The van der Waals surface area contributed by atoms with Gasteiger partial charge in [-0.3, -0.25) is 14.4 Å². The van der Waals surface area contributed by atoms with Gasteiger partial charge in [0.2, 0.25) is 12.3 Å². The van der Waals surface area contributed by atoms with Gasteiger partial charge in [-0.1, -0.05) is 17.7 Å². The van der Waals surface area contributed by atoms with Crippen LogP contribution >= 0.6 is 0 Å². The van der Waals surface area contributed by atoms with Crippen molar-refractivity contribution in [1.82, 2.24) is 15.2 Å². The minimum atomic E-state index is -0.304. The molecule has 1 aliphatic heterocycles. The molecule has 0 saturated carbocycles. The van der Waals surface area contributed by atoms with Crippen molar-refractivity contribution in [3.63, 3.8) is 0 Å². The van der Waals surface area contributed by atoms with Gasteiger partial charge in [0, 0.05) is 37.5 Å². The summed E-state index contributed by atoms with van der Waals surface area (Å²) in [4.78, 5) is 38.2. The van der Waals surface area contributed by atoms with Gasteiger partial charge < -0.3 is 9.80 Å². The Morgan fingerprint density at radius 1 is 1.17 bits per heavy atom. The van der Waals surface area contributed by atoms with E-state index < -0.39 is 0 Å². The number of hydrogen-bond donors (Lipinski definition) is 1. The lowest BCUT2D eigenvalue weighted by Crippen LogP contribution is -2.48. The number of nitrogens with one attached hydrogen (secondary N) is 1. The number of hydrogen-bond acceptors (Lipinski definition) is 4. The number of piperazine rings is 1. The van der Waals surface area contributed by atoms with E-state index in [2.05, 4.69) is 10.5 Å². The monoisotopic (exact) mass is 330 g/mol. The highest BCUT2D eigenvalue weighted by atomic mass is 16.2. The maximum Gasteiger partial charge on any atom is 0.271 e. The first-order valence-electron chi connectivity index (χ1n) is 7.87. The Morgan fingerprint density at radius 2 is 1.79 bits per heavy atom. The Labute approximate surface area is 141 Å². The lowest BCUT2D eigenvalue weighted by atomic mass is 10.1. The molecule has 1 heterocycles. The number of hydrazone groups is 1. The average Bonchev–Trinajstić information content (AvgIpc) is 2.60. The van der Waals surface area contributed by atoms with Gasteiger partial charge in [-0.05, 0) is 26.0 Å². The molecule has 128 valence electrons. The summed E-state index contributed by atoms with van der Waals surface area (Å²) in [5, 5.41) is 3.99. The standard InChI is InChI=1S/C17H22N4O3/c1-13-3-5-15(6-4-13)17(24)19-18-14(2)11-16(23)21-9-7-20(12-22)8-10-21/h3-6,12H,7-11H2,1-2H3,(H,19,24). The molecule has 1 N–H and O–H groups in total. The van der Waals surface area contributed by atoms with Gasteiger partial charge >= 0.3 is 0 Å². The largest absolute Gasteiger partial charge is 0.342 e. The third-order valence-corrected chi connectivity index (χ3v) is 3.89. The molecular formula is C17H22N4O3. The van der Waals surface area contributed by atoms with E-state index in [4.69, 9.17) is 0 Å². The molecule has 7 nitrogen and oxygen atoms in total. The van der Waals surface area contributed by atoms with Crippen LogP contribution in [0.25, 0.3) is 0 Å². The van der Waals surface area contributed by atoms with Crippen molar-refractivity contribution in [1.29, 1.82) is 0 Å². The van der Waals surface area contributed by atoms with Crippen molar-refractivity contribution in [3.05, 3.63) is 35.4 Å². The minimum Gasteiger partial charge on any atom is -0.342 e. The fourth-order valence-corrected chi connectivity index (χ4v) is 2.36. The molecule has 0 aliphatic carbocycles. The van der Waals surface area contributed by atoms with Crippen molar-refractivity contribution in [2.75, 3.05) is 26.2 Å². The molecule has 24 heavy (non-hydrogen) atoms. The van der Waals surface area contributed by atoms with Crippen LogP contribution in [0.2, 0.25) is 0 Å². The summed E-state index contributed by atoms with van der Waals surface area (Å²) in [6.45, 7) is 5.81. The highest BCUT2D eigenvalue weighted by molar-refractivity contribution is 6.01. The van der Waals surface area contributed by atoms with Crippen LogP contribution in [0.3, 0.4) is 0 Å². The first-order valence-corrected chi connectivity index (χ1v) is 7.87. The second kappa shape index (κ2) is 8.24. The van der Waals surface area contributed by atoms with Gasteiger partial charge in [0.15, 0.2) is 0 Å². The Kier molecular flexibility index (Phi) is 6.06. The molecule has 0 bridgehead atoms. The Hall–Kier alpha value is -2.70. The van der Waals surface area contributed by atoms with Gasteiger partial charge in [0.05, 0.1) is 6.42 Å². The van der Waals surface area contributed by atoms with Gasteiger partial charge in [0.1, 0.15) is 0 Å². The van der Waals surface area contributed by atoms with E-state index in [9.17, 15) is 14.4 Å². The SMILES string of the molecule is CC(CC(=O)N1CCN(C=O)CC1)=NNC(=O)c1ccc(C)cc1. The smallest absolute Gasteiger partial charge is 0.271 e. The fraction of sp³-hybridized carbons (Fsp3) is 0.412. The molecule has 0 atom stereocenters. The van der Waals surface area contributed by atoms with Crippen LogP contribution in [0.15, 0.2) is 29.4 Å². The molecule has 0 radical (unpaired) electrons. The predicted molar refractivity (Wildman–Crippen MR) is 90.6 cm³/mol. The molecule has 2 rings (SSSR count). The molecule has 1 aromatic rings. The molecule has 0 aromatic heterocycles. The molecule has 3 amide bonds. The first-order chi connectivity index (χ1) is 11.5. The van der Waals surface area contributed by atoms with Gasteiger partial charge in [-0.15, -0.1) is 0 Å². The van der Waals surface area contributed by atoms with Crippen LogP contribution in [0, 0.1) is 6.92 Å². The number of nitrogens with zero attached hydrogens (tertiary/aromatic N) is 3. The molecule has 7 heteroatoms. The molecular weight excluding hydrogens is 308 g/mol. The molecule has 1 saturated heterocycles. The number of amides is 3. The molecule has 1 aromatic carbocycles. The zero-order valence-corrected chi connectivity index (χ0v) is 14.0. The summed E-state index contributed by atoms with van der Waals surface area (Å²) in [5.74, 6) is -0.354. The van der Waals surface area contributed by atoms with Gasteiger partial charge in [-0.2, -0.15) is 5.10 Å². The van der Waals surface area contributed by atoms with Crippen LogP contribution in [-0.2, 0) is 9.59 Å². The van der Waals surface area contributed by atoms with E-state index in [-0.39, 0.29) is 18.2 Å². The van der Waals surface area contributed by atoms with Crippen LogP contribution in [0.5, 0.6) is 0 Å². The highest BCUT2D eigenvalue weighted by Gasteiger charge is 2.20. The van der Waals surface area contributed by atoms with Gasteiger partial charge in [0.25, 0.3) is 5.91 Å². The van der Waals surface area contributed by atoms with E-state index in [1.165, 1.54) is 0 Å². The topological polar surface area (TPSA) is 82.1 Å². The molecule has 1 aliphatic rings. The summed E-state index contributed by atoms with van der Waals surface area (Å²) in [6.07, 6.45) is 0.949. The van der Waals surface area contributed by atoms with Crippen LogP contribution in [-0.4, -0.2) is 59.9 Å². The number of rotatable bonds is 5. The van der Waals surface area contributed by atoms with E-state index in [1.807, 2.05) is 19.1 Å². The highest BCUT2D eigenvalue weighted by Crippen LogP contribution is 2.04. The first kappa shape index (κ1) is 17.7. The number of carbonyl (C=O) groups excluding carboxylic acids is 3. The van der Waals surface area contributed by atoms with Crippen LogP contribution in [0.1, 0.15) is 29.3 Å². The lowest BCUT2D eigenvalue weighted by molar-refractivity contribution is -0.134. The third kappa shape index (κ3) is 4.91. The molecule has 0 spiro atoms. The Morgan fingerprint density at radius 3 is 2.38 bits per heavy atom. The van der Waals surface area contributed by atoms with Crippen molar-refractivity contribution in [2.24, 2.45) is 5.10 Å². The maximum absolute atomic E-state index is 12.2. The summed E-state index contributed by atoms with van der Waals surface area (Å²) in [7, 11) is 0. The van der Waals surface area contributed by atoms with Crippen LogP contribution in [0.4, 0.5) is 0 Å². The molecule has 0 unspecified atom stereocenters. The van der Waals surface area contributed by atoms with Gasteiger partial charge in [-0.25, -0.2) is 5.43 Å². The predicted octanol–water partition coefficient (Wildman–Crippen LogP) is 0.791. The van der Waals surface area contributed by atoms with E-state index in [0.29, 0.717) is 37.5 Å². The normalized spacial score (nSPS) is 15.2. The lowest BCUT2D eigenvalue weighted by Gasteiger charge is -2.32. The quantitative estimate of drug-likeness (QED) is 0.492. The average molecular weight is 330 g/mol. The Bertz CT molecular complexity index is 632. The van der Waals surface area contributed by atoms with E-state index in [1.54, 1.807) is 28.9 Å². The number of carbonyl (C=O) groups is 3. The van der Waals surface area contributed by atoms with E-state index >= 15 is 0 Å². The van der Waals surface area contributed by atoms with Crippen molar-refractivity contribution < 1.29 is 14.4 Å². The molecule has 1 fully saturated rings. The van der Waals surface area contributed by atoms with Crippen molar-refractivity contribution in [2.45, 2.75) is 20.3 Å². The fourth-order valence-electron chi connectivity index (χ4n) is 2.36. The second-order valence-corrected chi connectivity index (χ2v) is 5.85. The minimum absolute atomic E-state index is 0.0496. The second-order valence-electron chi connectivity index (χ2n) is 5.85. The van der Waals surface area contributed by atoms with Crippen molar-refractivity contribution >= 4 is 23.9 Å². The summed E-state index contributed by atoms with van der Waals surface area (Å²) < 4.78 is 0. The zero-order valence-electron chi connectivity index (χ0n) is 14.0. The maximum atomic E-state index is 12.2.